The Bertz CT molecular complexity index is 1090. The molecule has 0 fully saturated rings. The molecule has 0 amide bonds. The lowest BCUT2D eigenvalue weighted by molar-refractivity contribution is 0.129. The third kappa shape index (κ3) is 5.58. The Morgan fingerprint density at radius 2 is 1.47 bits per heavy atom. The van der Waals surface area contributed by atoms with Crippen molar-refractivity contribution < 1.29 is 26.8 Å². The minimum absolute atomic E-state index is 0.0862. The topological polar surface area (TPSA) is 115 Å². The second-order valence-electron chi connectivity index (χ2n) is 7.78. The van der Waals surface area contributed by atoms with Gasteiger partial charge >= 0.3 is 7.60 Å². The maximum atomic E-state index is 14.2. The highest BCUT2D eigenvalue weighted by molar-refractivity contribution is 7.90. The molecule has 8 nitrogen and oxygen atoms in total. The molecule has 1 N–H and O–H groups in total. The molecule has 0 aliphatic carbocycles. The van der Waals surface area contributed by atoms with Crippen molar-refractivity contribution in [3.63, 3.8) is 0 Å². The first-order valence-corrected chi connectivity index (χ1v) is 13.0. The van der Waals surface area contributed by atoms with Crippen molar-refractivity contribution in [3.05, 3.63) is 59.7 Å². The number of nitriles is 1. The lowest BCUT2D eigenvalue weighted by Crippen LogP contribution is -2.46. The lowest BCUT2D eigenvalue weighted by atomic mass is 10.1. The highest BCUT2D eigenvalue weighted by Gasteiger charge is 2.57. The smallest absolute Gasteiger partial charge is 0.371 e. The van der Waals surface area contributed by atoms with Crippen LogP contribution in [0, 0.1) is 18.3 Å². The predicted molar refractivity (Wildman–Crippen MR) is 122 cm³/mol. The van der Waals surface area contributed by atoms with Crippen LogP contribution in [0.25, 0.3) is 0 Å². The van der Waals surface area contributed by atoms with Crippen LogP contribution in [0.15, 0.2) is 53.4 Å². The number of hydrogen-bond acceptors (Lipinski definition) is 7. The summed E-state index contributed by atoms with van der Waals surface area (Å²) in [7, 11) is -7.26. The predicted octanol–water partition coefficient (Wildman–Crippen LogP) is 4.70. The van der Waals surface area contributed by atoms with E-state index in [4.69, 9.17) is 13.8 Å². The number of methoxy groups -OCH3 is 1. The van der Waals surface area contributed by atoms with Crippen LogP contribution in [0.2, 0.25) is 0 Å². The zero-order chi connectivity index (χ0) is 24.2. The molecule has 1 atom stereocenters. The molecule has 0 radical (unpaired) electrons. The first kappa shape index (κ1) is 26.0. The average Bonchev–Trinajstić information content (AvgIpc) is 2.71. The third-order valence-electron chi connectivity index (χ3n) is 4.39. The fourth-order valence-electron chi connectivity index (χ4n) is 2.96. The number of nitrogens with one attached hydrogen (secondary N) is 1. The average molecular weight is 481 g/mol. The monoisotopic (exact) mass is 480 g/mol. The molecular formula is C22H29N2O6PS. The largest absolute Gasteiger partial charge is 0.497 e. The fourth-order valence-corrected chi connectivity index (χ4v) is 7.00. The molecule has 0 aliphatic heterocycles. The Balaban J connectivity index is 2.78. The second kappa shape index (κ2) is 10.2. The number of ether oxygens (including phenoxy) is 1. The second-order valence-corrected chi connectivity index (χ2v) is 11.5. The van der Waals surface area contributed by atoms with Gasteiger partial charge in [-0.1, -0.05) is 29.8 Å². The van der Waals surface area contributed by atoms with Gasteiger partial charge < -0.3 is 13.8 Å². The lowest BCUT2D eigenvalue weighted by Gasteiger charge is -2.36. The van der Waals surface area contributed by atoms with Gasteiger partial charge in [-0.05, 0) is 58.9 Å². The van der Waals surface area contributed by atoms with Crippen LogP contribution in [0.3, 0.4) is 0 Å². The summed E-state index contributed by atoms with van der Waals surface area (Å²) in [4.78, 5) is -0.0862. The van der Waals surface area contributed by atoms with E-state index in [0.29, 0.717) is 5.75 Å². The molecule has 32 heavy (non-hydrogen) atoms. The summed E-state index contributed by atoms with van der Waals surface area (Å²) in [5, 5.41) is 7.98. The zero-order valence-electron chi connectivity index (χ0n) is 19.0. The Morgan fingerprint density at radius 1 is 0.969 bits per heavy atom. The number of sulfonamides is 1. The van der Waals surface area contributed by atoms with Crippen molar-refractivity contribution in [2.75, 3.05) is 7.11 Å². The number of benzene rings is 2. The van der Waals surface area contributed by atoms with Gasteiger partial charge in [0.2, 0.25) is 15.3 Å². The van der Waals surface area contributed by atoms with E-state index in [1.54, 1.807) is 39.8 Å². The van der Waals surface area contributed by atoms with Crippen LogP contribution >= 0.6 is 7.60 Å². The van der Waals surface area contributed by atoms with E-state index in [2.05, 4.69) is 4.72 Å². The van der Waals surface area contributed by atoms with Crippen LogP contribution in [0.5, 0.6) is 5.75 Å². The van der Waals surface area contributed by atoms with E-state index in [9.17, 15) is 18.2 Å². The maximum Gasteiger partial charge on any atom is 0.371 e. The quantitative estimate of drug-likeness (QED) is 0.490. The molecule has 0 saturated heterocycles. The molecule has 0 bridgehead atoms. The Hall–Kier alpha value is -2.21. The van der Waals surface area contributed by atoms with Crippen LogP contribution in [0.1, 0.15) is 38.8 Å². The van der Waals surface area contributed by atoms with E-state index in [1.165, 1.54) is 43.5 Å². The molecule has 174 valence electrons. The number of hydrogen-bond donors (Lipinski definition) is 1. The standard InChI is InChI=1S/C22H29N2O6PS/c1-16(2)29-31(25,30-17(3)4)22(15-23,19-9-11-20(28-6)12-10-19)24-32(26,27)21-13-7-18(5)8-14-21/h7-14,16-17,24H,1-6H3/t22-/m1/s1. The highest BCUT2D eigenvalue weighted by Crippen LogP contribution is 2.65. The molecule has 0 aliphatic rings. The molecule has 2 aromatic rings. The number of nitrogens with zero attached hydrogens (tertiary/aromatic N) is 1. The summed E-state index contributed by atoms with van der Waals surface area (Å²) in [6, 6.07) is 14.0. The van der Waals surface area contributed by atoms with Crippen molar-refractivity contribution >= 4 is 17.6 Å². The first-order chi connectivity index (χ1) is 14.9. The van der Waals surface area contributed by atoms with Gasteiger partial charge in [0.05, 0.1) is 24.2 Å². The van der Waals surface area contributed by atoms with E-state index >= 15 is 0 Å². The van der Waals surface area contributed by atoms with E-state index in [-0.39, 0.29) is 10.5 Å². The van der Waals surface area contributed by atoms with Gasteiger partial charge in [0.1, 0.15) is 11.8 Å². The Morgan fingerprint density at radius 3 is 1.88 bits per heavy atom. The van der Waals surface area contributed by atoms with Gasteiger partial charge in [0.25, 0.3) is 0 Å². The molecular weight excluding hydrogens is 451 g/mol. The first-order valence-electron chi connectivity index (χ1n) is 10.0. The number of aryl methyl sites for hydroxylation is 1. The van der Waals surface area contributed by atoms with E-state index in [1.807, 2.05) is 13.0 Å². The molecule has 0 unspecified atom stereocenters. The molecule has 2 rings (SSSR count). The molecule has 0 spiro atoms. The Kier molecular flexibility index (Phi) is 8.27. The summed E-state index contributed by atoms with van der Waals surface area (Å²) < 4.78 is 59.7. The molecule has 0 saturated carbocycles. The normalized spacial score (nSPS) is 14.2. The molecule has 2 aromatic carbocycles. The Labute approximate surface area is 190 Å². The molecule has 0 aromatic heterocycles. The van der Waals surface area contributed by atoms with E-state index < -0.39 is 35.1 Å². The summed E-state index contributed by atoms with van der Waals surface area (Å²) in [5.74, 6) is 0.478. The van der Waals surface area contributed by atoms with Gasteiger partial charge in [0.15, 0.2) is 0 Å². The summed E-state index contributed by atoms with van der Waals surface area (Å²) in [5.41, 5.74) is 0.962. The SMILES string of the molecule is COc1ccc([C@](C#N)(NS(=O)(=O)c2ccc(C)cc2)P(=O)(OC(C)C)OC(C)C)cc1. The summed E-state index contributed by atoms with van der Waals surface area (Å²) in [6.07, 6.45) is -1.23. The fraction of sp³-hybridized carbons (Fsp3) is 0.409. The maximum absolute atomic E-state index is 14.2. The van der Waals surface area contributed by atoms with Gasteiger partial charge in [-0.3, -0.25) is 4.57 Å². The minimum Gasteiger partial charge on any atom is -0.497 e. The summed E-state index contributed by atoms with van der Waals surface area (Å²) in [6.45, 7) is 8.33. The van der Waals surface area contributed by atoms with Crippen molar-refractivity contribution in [1.29, 1.82) is 5.26 Å². The van der Waals surface area contributed by atoms with Gasteiger partial charge in [-0.2, -0.15) is 9.98 Å². The van der Waals surface area contributed by atoms with Gasteiger partial charge in [0, 0.05) is 5.56 Å². The highest BCUT2D eigenvalue weighted by atomic mass is 32.2. The minimum atomic E-state index is -4.44. The third-order valence-corrected chi connectivity index (χ3v) is 8.70. The van der Waals surface area contributed by atoms with Crippen molar-refractivity contribution in [2.45, 2.75) is 57.0 Å². The van der Waals surface area contributed by atoms with Crippen molar-refractivity contribution in [2.24, 2.45) is 0 Å². The van der Waals surface area contributed by atoms with Crippen LogP contribution < -0.4 is 9.46 Å². The van der Waals surface area contributed by atoms with Crippen molar-refractivity contribution in [1.82, 2.24) is 4.72 Å². The zero-order valence-corrected chi connectivity index (χ0v) is 20.7. The van der Waals surface area contributed by atoms with Crippen LogP contribution in [-0.2, 0) is 28.9 Å². The van der Waals surface area contributed by atoms with Crippen molar-refractivity contribution in [3.8, 4) is 11.8 Å². The molecule has 0 heterocycles. The summed E-state index contributed by atoms with van der Waals surface area (Å²) >= 11 is 0. The van der Waals surface area contributed by atoms with Gasteiger partial charge in [-0.25, -0.2) is 8.42 Å². The van der Waals surface area contributed by atoms with Gasteiger partial charge in [-0.15, -0.1) is 0 Å². The number of rotatable bonds is 10. The van der Waals surface area contributed by atoms with Crippen LogP contribution in [0.4, 0.5) is 0 Å². The van der Waals surface area contributed by atoms with E-state index in [0.717, 1.165) is 5.56 Å². The molecule has 10 heteroatoms. The van der Waals surface area contributed by atoms with Crippen LogP contribution in [-0.4, -0.2) is 27.7 Å².